The van der Waals surface area contributed by atoms with Crippen molar-refractivity contribution in [2.75, 3.05) is 13.7 Å². The van der Waals surface area contributed by atoms with Gasteiger partial charge in [-0.05, 0) is 51.5 Å². The Kier molecular flexibility index (Phi) is 16.9. The molecule has 1 aromatic heterocycles. The van der Waals surface area contributed by atoms with Crippen molar-refractivity contribution in [3.05, 3.63) is 57.8 Å². The summed E-state index contributed by atoms with van der Waals surface area (Å²) in [6.45, 7) is 12.2. The van der Waals surface area contributed by atoms with Gasteiger partial charge in [-0.15, -0.1) is 0 Å². The zero-order valence-electron chi connectivity index (χ0n) is 38.6. The first-order valence-corrected chi connectivity index (χ1v) is 20.8. The monoisotopic (exact) mass is 940 g/mol. The molecule has 0 bridgehead atoms. The molecule has 362 valence electrons. The summed E-state index contributed by atoms with van der Waals surface area (Å²) in [4.78, 5) is 103. The van der Waals surface area contributed by atoms with E-state index in [9.17, 15) is 33.6 Å². The van der Waals surface area contributed by atoms with Gasteiger partial charge in [0.15, 0.2) is 48.7 Å². The fourth-order valence-electron chi connectivity index (χ4n) is 7.35. The maximum atomic E-state index is 15.3. The van der Waals surface area contributed by atoms with Gasteiger partial charge in [-0.1, -0.05) is 11.6 Å². The number of carbonyl (C=O) groups is 7. The standard InChI is InChI=1S/C46H52O21/c1-20(2)12-17-31-32(58-22(4)47)18-33(59-23(5)48)35-36(54)41(38(65-39(31)35)29-13-15-30(55-11)16-14-29)66-46-44(42(63-27(9)52)37(21(3)57-46)61-25(7)50)67-45-43(64-28(10)53)40(62-26(8)51)34(19-56-45)60-24(6)49/h12-16,18,21,34,37,40,42-46H,17,19H2,1-11H3/t21-,34+,37-,40-,42+,43+,44+,45-,46-/m0/s1. The molecule has 0 spiro atoms. The number of carbonyl (C=O) groups excluding carboxylic acids is 7. The van der Waals surface area contributed by atoms with Crippen LogP contribution in [0.1, 0.15) is 74.8 Å². The topological polar surface area (TPSA) is 260 Å². The second-order valence-electron chi connectivity index (χ2n) is 15.6. The highest BCUT2D eigenvalue weighted by Gasteiger charge is 2.55. The minimum absolute atomic E-state index is 0.0608. The Labute approximate surface area is 383 Å². The Hall–Kier alpha value is -6.84. The molecule has 3 heterocycles. The number of hydrogen-bond donors (Lipinski definition) is 0. The summed E-state index contributed by atoms with van der Waals surface area (Å²) in [5, 5.41) is -0.336. The molecule has 2 fully saturated rings. The summed E-state index contributed by atoms with van der Waals surface area (Å²) in [6, 6.07) is 7.41. The van der Waals surface area contributed by atoms with Gasteiger partial charge in [0.2, 0.25) is 17.5 Å². The van der Waals surface area contributed by atoms with Gasteiger partial charge in [0.1, 0.15) is 28.2 Å². The Morgan fingerprint density at radius 2 is 1.21 bits per heavy atom. The van der Waals surface area contributed by atoms with E-state index in [1.807, 2.05) is 13.8 Å². The van der Waals surface area contributed by atoms with Crippen LogP contribution in [-0.4, -0.2) is 111 Å². The van der Waals surface area contributed by atoms with Crippen LogP contribution in [0.2, 0.25) is 0 Å². The minimum atomic E-state index is -1.87. The van der Waals surface area contributed by atoms with Crippen LogP contribution in [0.4, 0.5) is 0 Å². The minimum Gasteiger partial charge on any atom is -0.497 e. The Balaban J connectivity index is 1.81. The average Bonchev–Trinajstić information content (AvgIpc) is 3.21. The molecule has 0 radical (unpaired) electrons. The van der Waals surface area contributed by atoms with Crippen molar-refractivity contribution in [3.63, 3.8) is 0 Å². The quantitative estimate of drug-likeness (QED) is 0.0887. The molecule has 2 saturated heterocycles. The van der Waals surface area contributed by atoms with Crippen molar-refractivity contribution in [1.82, 2.24) is 0 Å². The smallest absolute Gasteiger partial charge is 0.308 e. The lowest BCUT2D eigenvalue weighted by atomic mass is 9.98. The fourth-order valence-corrected chi connectivity index (χ4v) is 7.35. The Morgan fingerprint density at radius 1 is 0.657 bits per heavy atom. The molecule has 3 aromatic rings. The molecular weight excluding hydrogens is 888 g/mol. The van der Waals surface area contributed by atoms with Crippen LogP contribution in [0, 0.1) is 0 Å². The molecule has 9 atom stereocenters. The van der Waals surface area contributed by atoms with Crippen LogP contribution >= 0.6 is 0 Å². The van der Waals surface area contributed by atoms with E-state index in [0.717, 1.165) is 54.0 Å². The van der Waals surface area contributed by atoms with Gasteiger partial charge in [0.05, 0.1) is 19.8 Å². The third-order valence-electron chi connectivity index (χ3n) is 9.89. The van der Waals surface area contributed by atoms with E-state index in [4.69, 9.17) is 61.3 Å². The van der Waals surface area contributed by atoms with Crippen molar-refractivity contribution >= 4 is 52.8 Å². The lowest BCUT2D eigenvalue weighted by Gasteiger charge is -2.46. The summed E-state index contributed by atoms with van der Waals surface area (Å²) < 4.78 is 76.0. The lowest BCUT2D eigenvalue weighted by molar-refractivity contribution is -0.344. The largest absolute Gasteiger partial charge is 0.497 e. The van der Waals surface area contributed by atoms with E-state index in [1.54, 1.807) is 30.3 Å². The van der Waals surface area contributed by atoms with Gasteiger partial charge in [0.25, 0.3) is 0 Å². The summed E-state index contributed by atoms with van der Waals surface area (Å²) in [6.07, 6.45) is -12.4. The number of methoxy groups -OCH3 is 1. The molecule has 5 rings (SSSR count). The summed E-state index contributed by atoms with van der Waals surface area (Å²) in [5.74, 6) is -6.77. The third kappa shape index (κ3) is 12.7. The number of rotatable bonds is 15. The second-order valence-corrected chi connectivity index (χ2v) is 15.6. The molecule has 2 aliphatic heterocycles. The number of fused-ring (bicyclic) bond motifs is 1. The van der Waals surface area contributed by atoms with Gasteiger partial charge >= 0.3 is 41.8 Å². The second kappa shape index (κ2) is 22.1. The van der Waals surface area contributed by atoms with E-state index in [2.05, 4.69) is 0 Å². The molecule has 0 saturated carbocycles. The molecule has 2 aromatic carbocycles. The highest BCUT2D eigenvalue weighted by atomic mass is 16.8. The van der Waals surface area contributed by atoms with E-state index >= 15 is 4.79 Å². The number of hydrogen-bond acceptors (Lipinski definition) is 21. The van der Waals surface area contributed by atoms with Crippen molar-refractivity contribution in [2.45, 2.75) is 131 Å². The highest BCUT2D eigenvalue weighted by Crippen LogP contribution is 2.42. The van der Waals surface area contributed by atoms with E-state index in [0.29, 0.717) is 5.75 Å². The number of ether oxygens (including phenoxy) is 12. The molecule has 0 amide bonds. The first-order valence-electron chi connectivity index (χ1n) is 20.8. The maximum absolute atomic E-state index is 15.3. The Bertz CT molecular complexity index is 2470. The van der Waals surface area contributed by atoms with E-state index in [1.165, 1.54) is 20.1 Å². The number of esters is 7. The van der Waals surface area contributed by atoms with E-state index in [-0.39, 0.29) is 45.8 Å². The SMILES string of the molecule is COc1ccc(-c2oc3c(CC=C(C)C)c(OC(C)=O)cc(OC(C)=O)c3c(=O)c2O[C@@H]2O[C@@H](C)[C@H](OC(C)=O)[C@@H](OC(C)=O)[C@H]2O[C@@H]2OC[C@@H](OC(C)=O)[C@H](OC(C)=O)[C@H]2OC(C)=O)cc1. The van der Waals surface area contributed by atoms with Crippen LogP contribution in [-0.2, 0) is 77.9 Å². The zero-order valence-corrected chi connectivity index (χ0v) is 38.6. The first kappa shape index (κ1) is 51.1. The summed E-state index contributed by atoms with van der Waals surface area (Å²) in [7, 11) is 1.44. The first-order chi connectivity index (χ1) is 31.6. The molecular formula is C46H52O21. The lowest BCUT2D eigenvalue weighted by Crippen LogP contribution is -2.65. The van der Waals surface area contributed by atoms with Crippen LogP contribution in [0.5, 0.6) is 23.0 Å². The Morgan fingerprint density at radius 3 is 1.76 bits per heavy atom. The van der Waals surface area contributed by atoms with Crippen molar-refractivity contribution in [1.29, 1.82) is 0 Å². The fraction of sp³-hybridized carbons (Fsp3) is 0.478. The molecule has 2 aliphatic rings. The zero-order chi connectivity index (χ0) is 49.4. The molecule has 0 aliphatic carbocycles. The molecule has 67 heavy (non-hydrogen) atoms. The van der Waals surface area contributed by atoms with Crippen molar-refractivity contribution in [3.8, 4) is 34.3 Å². The predicted molar refractivity (Wildman–Crippen MR) is 228 cm³/mol. The van der Waals surface area contributed by atoms with Crippen LogP contribution in [0.3, 0.4) is 0 Å². The maximum Gasteiger partial charge on any atom is 0.308 e. The predicted octanol–water partition coefficient (Wildman–Crippen LogP) is 4.35. The molecule has 21 heteroatoms. The van der Waals surface area contributed by atoms with E-state index < -0.39 is 115 Å². The van der Waals surface area contributed by atoms with Crippen molar-refractivity contribution in [2.24, 2.45) is 0 Å². The van der Waals surface area contributed by atoms with Crippen LogP contribution in [0.25, 0.3) is 22.3 Å². The number of benzene rings is 2. The van der Waals surface area contributed by atoms with Gasteiger partial charge < -0.3 is 61.3 Å². The normalized spacial score (nSPS) is 23.4. The van der Waals surface area contributed by atoms with Gasteiger partial charge in [-0.3, -0.25) is 38.4 Å². The molecule has 21 nitrogen and oxygen atoms in total. The van der Waals surface area contributed by atoms with Crippen LogP contribution < -0.4 is 24.4 Å². The van der Waals surface area contributed by atoms with Gasteiger partial charge in [-0.25, -0.2) is 0 Å². The molecule has 0 N–H and O–H groups in total. The number of allylic oxidation sites excluding steroid dienone is 2. The summed E-state index contributed by atoms with van der Waals surface area (Å²) in [5.41, 5.74) is 0.170. The van der Waals surface area contributed by atoms with Crippen molar-refractivity contribution < 1.29 is 94.8 Å². The summed E-state index contributed by atoms with van der Waals surface area (Å²) >= 11 is 0. The van der Waals surface area contributed by atoms with Gasteiger partial charge in [-0.2, -0.15) is 0 Å². The van der Waals surface area contributed by atoms with Crippen LogP contribution in [0.15, 0.2) is 51.2 Å². The average molecular weight is 941 g/mol. The third-order valence-corrected chi connectivity index (χ3v) is 9.89. The van der Waals surface area contributed by atoms with Gasteiger partial charge in [0, 0.05) is 65.7 Å². The molecule has 0 unspecified atom stereocenters. The highest BCUT2D eigenvalue weighted by molar-refractivity contribution is 5.94.